The van der Waals surface area contributed by atoms with Crippen molar-refractivity contribution in [2.24, 2.45) is 11.8 Å². The maximum Gasteiger partial charge on any atom is 0.225 e. The minimum atomic E-state index is 0. The van der Waals surface area contributed by atoms with Gasteiger partial charge in [-0.1, -0.05) is 6.92 Å². The summed E-state index contributed by atoms with van der Waals surface area (Å²) in [5.41, 5.74) is 0. The summed E-state index contributed by atoms with van der Waals surface area (Å²) >= 11 is 0. The van der Waals surface area contributed by atoms with Gasteiger partial charge in [0.05, 0.1) is 0 Å². The second-order valence-electron chi connectivity index (χ2n) is 5.80. The largest absolute Gasteiger partial charge is 0.342 e. The van der Waals surface area contributed by atoms with Crippen LogP contribution in [-0.4, -0.2) is 36.5 Å². The van der Waals surface area contributed by atoms with Crippen molar-refractivity contribution in [2.75, 3.05) is 19.6 Å². The highest BCUT2D eigenvalue weighted by molar-refractivity contribution is 5.85. The molecule has 1 amide bonds. The fourth-order valence-corrected chi connectivity index (χ4v) is 2.79. The molecular weight excluding hydrogens is 248 g/mol. The van der Waals surface area contributed by atoms with Crippen LogP contribution in [0, 0.1) is 11.8 Å². The second kappa shape index (κ2) is 7.34. The van der Waals surface area contributed by atoms with E-state index >= 15 is 0 Å². The van der Waals surface area contributed by atoms with Crippen molar-refractivity contribution in [3.05, 3.63) is 0 Å². The Morgan fingerprint density at radius 1 is 1.33 bits per heavy atom. The molecule has 4 heteroatoms. The van der Waals surface area contributed by atoms with E-state index in [0.717, 1.165) is 44.8 Å². The predicted octanol–water partition coefficient (Wildman–Crippen LogP) is 2.44. The Morgan fingerprint density at radius 3 is 2.61 bits per heavy atom. The van der Waals surface area contributed by atoms with Gasteiger partial charge in [-0.05, 0) is 51.5 Å². The van der Waals surface area contributed by atoms with Crippen LogP contribution in [0.15, 0.2) is 0 Å². The maximum absolute atomic E-state index is 12.5. The molecule has 2 atom stereocenters. The van der Waals surface area contributed by atoms with Crippen molar-refractivity contribution in [3.63, 3.8) is 0 Å². The minimum absolute atomic E-state index is 0. The van der Waals surface area contributed by atoms with Gasteiger partial charge in [0.1, 0.15) is 0 Å². The Morgan fingerprint density at radius 2 is 2.06 bits per heavy atom. The van der Waals surface area contributed by atoms with Crippen molar-refractivity contribution in [2.45, 2.75) is 52.0 Å². The maximum atomic E-state index is 12.5. The third-order valence-corrected chi connectivity index (χ3v) is 3.95. The van der Waals surface area contributed by atoms with Crippen LogP contribution in [0.1, 0.15) is 46.0 Å². The van der Waals surface area contributed by atoms with Crippen LogP contribution in [0.2, 0.25) is 0 Å². The van der Waals surface area contributed by atoms with E-state index in [9.17, 15) is 4.79 Å². The normalized spacial score (nSPS) is 27.4. The highest BCUT2D eigenvalue weighted by Gasteiger charge is 2.31. The molecule has 1 aliphatic carbocycles. The molecule has 2 aliphatic rings. The third-order valence-electron chi connectivity index (χ3n) is 3.95. The van der Waals surface area contributed by atoms with Gasteiger partial charge in [0.2, 0.25) is 5.91 Å². The molecule has 1 heterocycles. The fraction of sp³-hybridized carbons (Fsp3) is 0.929. The number of halogens is 1. The van der Waals surface area contributed by atoms with E-state index in [1.807, 2.05) is 0 Å². The molecule has 106 valence electrons. The second-order valence-corrected chi connectivity index (χ2v) is 5.80. The molecule has 0 bridgehead atoms. The number of piperidine rings is 1. The molecule has 0 unspecified atom stereocenters. The average Bonchev–Trinajstić information content (AvgIpc) is 3.11. The molecule has 3 nitrogen and oxygen atoms in total. The van der Waals surface area contributed by atoms with E-state index in [2.05, 4.69) is 24.1 Å². The van der Waals surface area contributed by atoms with Gasteiger partial charge in [0, 0.05) is 25.0 Å². The molecule has 1 aliphatic heterocycles. The summed E-state index contributed by atoms with van der Waals surface area (Å²) in [5, 5.41) is 3.42. The minimum Gasteiger partial charge on any atom is -0.342 e. The van der Waals surface area contributed by atoms with E-state index in [-0.39, 0.29) is 18.3 Å². The van der Waals surface area contributed by atoms with E-state index in [1.54, 1.807) is 0 Å². The lowest BCUT2D eigenvalue weighted by Crippen LogP contribution is -2.45. The van der Waals surface area contributed by atoms with Gasteiger partial charge in [0.15, 0.2) is 0 Å². The summed E-state index contributed by atoms with van der Waals surface area (Å²) in [5.74, 6) is 1.51. The lowest BCUT2D eigenvalue weighted by atomic mass is 9.92. The van der Waals surface area contributed by atoms with Crippen molar-refractivity contribution in [1.29, 1.82) is 0 Å². The monoisotopic (exact) mass is 274 g/mol. The van der Waals surface area contributed by atoms with Crippen LogP contribution in [0.3, 0.4) is 0 Å². The first-order valence-corrected chi connectivity index (χ1v) is 7.23. The standard InChI is InChI=1S/C14H26N2O.ClH/c1-3-8-16(10-12-4-5-12)14(17)13-6-7-15-11(2)9-13;/h11-13,15H,3-10H2,1-2H3;1H/t11-,13-;/m0./s1. The Labute approximate surface area is 117 Å². The number of hydrogen-bond donors (Lipinski definition) is 1. The number of rotatable bonds is 5. The quantitative estimate of drug-likeness (QED) is 0.835. The molecule has 0 aromatic carbocycles. The summed E-state index contributed by atoms with van der Waals surface area (Å²) in [6.45, 7) is 7.32. The molecule has 1 N–H and O–H groups in total. The zero-order valence-corrected chi connectivity index (χ0v) is 12.5. The SMILES string of the molecule is CCCN(CC1CC1)C(=O)[C@H]1CCN[C@@H](C)C1.Cl. The van der Waals surface area contributed by atoms with E-state index < -0.39 is 0 Å². The summed E-state index contributed by atoms with van der Waals surface area (Å²) < 4.78 is 0. The summed E-state index contributed by atoms with van der Waals surface area (Å²) in [7, 11) is 0. The van der Waals surface area contributed by atoms with Gasteiger partial charge in [-0.2, -0.15) is 0 Å². The molecule has 18 heavy (non-hydrogen) atoms. The number of amides is 1. The zero-order valence-electron chi connectivity index (χ0n) is 11.7. The lowest BCUT2D eigenvalue weighted by Gasteiger charge is -2.32. The molecular formula is C14H27ClN2O. The van der Waals surface area contributed by atoms with Crippen LogP contribution in [0.4, 0.5) is 0 Å². The number of nitrogens with zero attached hydrogens (tertiary/aromatic N) is 1. The van der Waals surface area contributed by atoms with Crippen molar-refractivity contribution in [1.82, 2.24) is 10.2 Å². The average molecular weight is 275 g/mol. The molecule has 1 saturated carbocycles. The number of nitrogens with one attached hydrogen (secondary N) is 1. The molecule has 1 saturated heterocycles. The highest BCUT2D eigenvalue weighted by Crippen LogP contribution is 2.31. The van der Waals surface area contributed by atoms with Crippen LogP contribution >= 0.6 is 12.4 Å². The summed E-state index contributed by atoms with van der Waals surface area (Å²) in [6.07, 6.45) is 5.78. The number of carbonyl (C=O) groups excluding carboxylic acids is 1. The van der Waals surface area contributed by atoms with E-state index in [0.29, 0.717) is 11.9 Å². The summed E-state index contributed by atoms with van der Waals surface area (Å²) in [4.78, 5) is 14.6. The highest BCUT2D eigenvalue weighted by atomic mass is 35.5. The van der Waals surface area contributed by atoms with Gasteiger partial charge in [0.25, 0.3) is 0 Å². The Kier molecular flexibility index (Phi) is 6.44. The van der Waals surface area contributed by atoms with Crippen molar-refractivity contribution < 1.29 is 4.79 Å². The topological polar surface area (TPSA) is 32.3 Å². The molecule has 0 aromatic heterocycles. The van der Waals surface area contributed by atoms with Gasteiger partial charge < -0.3 is 10.2 Å². The predicted molar refractivity (Wildman–Crippen MR) is 77.0 cm³/mol. The smallest absolute Gasteiger partial charge is 0.225 e. The van der Waals surface area contributed by atoms with E-state index in [1.165, 1.54) is 12.8 Å². The first-order chi connectivity index (χ1) is 8.20. The van der Waals surface area contributed by atoms with Crippen LogP contribution < -0.4 is 5.32 Å². The van der Waals surface area contributed by atoms with Crippen LogP contribution in [0.25, 0.3) is 0 Å². The molecule has 2 fully saturated rings. The van der Waals surface area contributed by atoms with Gasteiger partial charge in [-0.15, -0.1) is 12.4 Å². The van der Waals surface area contributed by atoms with Gasteiger partial charge in [-0.3, -0.25) is 4.79 Å². The molecule has 0 aromatic rings. The van der Waals surface area contributed by atoms with Gasteiger partial charge >= 0.3 is 0 Å². The van der Waals surface area contributed by atoms with Crippen molar-refractivity contribution >= 4 is 18.3 Å². The zero-order chi connectivity index (χ0) is 12.3. The van der Waals surface area contributed by atoms with Crippen LogP contribution in [0.5, 0.6) is 0 Å². The van der Waals surface area contributed by atoms with Gasteiger partial charge in [-0.25, -0.2) is 0 Å². The number of hydrogen-bond acceptors (Lipinski definition) is 2. The third kappa shape index (κ3) is 4.43. The lowest BCUT2D eigenvalue weighted by molar-refractivity contribution is -0.137. The Bertz CT molecular complexity index is 269. The number of carbonyl (C=O) groups is 1. The first kappa shape index (κ1) is 15.8. The molecule has 0 radical (unpaired) electrons. The fourth-order valence-electron chi connectivity index (χ4n) is 2.79. The van der Waals surface area contributed by atoms with Crippen LogP contribution in [-0.2, 0) is 4.79 Å². The Balaban J connectivity index is 0.00000162. The summed E-state index contributed by atoms with van der Waals surface area (Å²) in [6, 6.07) is 0.502. The molecule has 2 rings (SSSR count). The Hall–Kier alpha value is -0.280. The molecule has 0 spiro atoms. The van der Waals surface area contributed by atoms with E-state index in [4.69, 9.17) is 0 Å². The van der Waals surface area contributed by atoms with Crippen molar-refractivity contribution in [3.8, 4) is 0 Å². The first-order valence-electron chi connectivity index (χ1n) is 7.23.